The van der Waals surface area contributed by atoms with Crippen LogP contribution in [0.1, 0.15) is 36.4 Å². The number of aromatic nitrogens is 3. The highest BCUT2D eigenvalue weighted by Crippen LogP contribution is 2.27. The fraction of sp³-hybridized carbons (Fsp3) is 0.333. The molecule has 0 aliphatic heterocycles. The van der Waals surface area contributed by atoms with E-state index >= 15 is 0 Å². The van der Waals surface area contributed by atoms with Crippen LogP contribution in [0.25, 0.3) is 11.4 Å². The summed E-state index contributed by atoms with van der Waals surface area (Å²) in [5.74, 6) is 1.15. The van der Waals surface area contributed by atoms with Crippen LogP contribution in [0.4, 0.5) is 5.69 Å². The van der Waals surface area contributed by atoms with Crippen molar-refractivity contribution in [3.63, 3.8) is 0 Å². The topological polar surface area (TPSA) is 99.2 Å². The Bertz CT molecular complexity index is 1010. The molecule has 8 nitrogen and oxygen atoms in total. The quantitative estimate of drug-likeness (QED) is 0.403. The first kappa shape index (κ1) is 21.6. The van der Waals surface area contributed by atoms with Gasteiger partial charge in [-0.15, -0.1) is 10.2 Å². The Morgan fingerprint density at radius 3 is 2.57 bits per heavy atom. The van der Waals surface area contributed by atoms with Gasteiger partial charge < -0.3 is 19.0 Å². The molecule has 3 aromatic rings. The van der Waals surface area contributed by atoms with Gasteiger partial charge in [0, 0.05) is 12.2 Å². The lowest BCUT2D eigenvalue weighted by Crippen LogP contribution is -2.15. The van der Waals surface area contributed by atoms with E-state index in [9.17, 15) is 9.59 Å². The fourth-order valence-electron chi connectivity index (χ4n) is 2.87. The van der Waals surface area contributed by atoms with Crippen molar-refractivity contribution in [1.29, 1.82) is 0 Å². The average Bonchev–Trinajstić information content (AvgIpc) is 3.33. The number of anilines is 1. The molecule has 3 rings (SSSR count). The predicted octanol–water partition coefficient (Wildman–Crippen LogP) is 4.16. The molecule has 1 N–H and O–H groups in total. The molecule has 2 heterocycles. The molecule has 30 heavy (non-hydrogen) atoms. The van der Waals surface area contributed by atoms with Crippen molar-refractivity contribution in [1.82, 2.24) is 14.8 Å². The van der Waals surface area contributed by atoms with E-state index in [0.29, 0.717) is 23.0 Å². The highest BCUT2D eigenvalue weighted by atomic mass is 32.2. The van der Waals surface area contributed by atoms with E-state index in [1.54, 1.807) is 37.5 Å². The molecule has 0 bridgehead atoms. The molecule has 0 radical (unpaired) electrons. The molecule has 0 spiro atoms. The number of furan rings is 1. The number of nitrogens with one attached hydrogen (secondary N) is 1. The zero-order valence-electron chi connectivity index (χ0n) is 17.2. The summed E-state index contributed by atoms with van der Waals surface area (Å²) in [7, 11) is 0. The predicted molar refractivity (Wildman–Crippen MR) is 115 cm³/mol. The molecule has 1 amide bonds. The minimum atomic E-state index is -0.384. The molecule has 0 saturated carbocycles. The van der Waals surface area contributed by atoms with Gasteiger partial charge in [-0.2, -0.15) is 0 Å². The van der Waals surface area contributed by atoms with Crippen LogP contribution >= 0.6 is 11.8 Å². The Balaban J connectivity index is 1.63. The lowest BCUT2D eigenvalue weighted by molar-refractivity contribution is -0.113. The van der Waals surface area contributed by atoms with Gasteiger partial charge >= 0.3 is 5.97 Å². The van der Waals surface area contributed by atoms with E-state index in [4.69, 9.17) is 9.15 Å². The molecule has 0 atom stereocenters. The van der Waals surface area contributed by atoms with Gasteiger partial charge in [0.2, 0.25) is 5.91 Å². The molecular weight excluding hydrogens is 404 g/mol. The molecule has 0 aliphatic carbocycles. The normalized spacial score (nSPS) is 10.8. The van der Waals surface area contributed by atoms with Gasteiger partial charge in [0.05, 0.1) is 29.7 Å². The SMILES string of the molecule is CCCn1c(SCC(=O)Nc2ccc(C(=O)OCC)cc2)nnc1-c1ccoc1C. The summed E-state index contributed by atoms with van der Waals surface area (Å²) in [6.45, 7) is 6.77. The van der Waals surface area contributed by atoms with E-state index in [0.717, 1.165) is 30.1 Å². The molecule has 158 valence electrons. The second kappa shape index (κ2) is 10.1. The number of amides is 1. The first-order chi connectivity index (χ1) is 14.5. The Hall–Kier alpha value is -3.07. The van der Waals surface area contributed by atoms with E-state index in [1.807, 2.05) is 17.6 Å². The Labute approximate surface area is 179 Å². The number of ether oxygens (including phenoxy) is 1. The largest absolute Gasteiger partial charge is 0.469 e. The number of thioether (sulfide) groups is 1. The molecule has 0 fully saturated rings. The van der Waals surface area contributed by atoms with Crippen molar-refractivity contribution in [2.45, 2.75) is 38.9 Å². The van der Waals surface area contributed by atoms with Crippen LogP contribution in [-0.2, 0) is 16.1 Å². The number of carbonyl (C=O) groups excluding carboxylic acids is 2. The number of carbonyl (C=O) groups is 2. The molecule has 0 saturated heterocycles. The van der Waals surface area contributed by atoms with E-state index in [2.05, 4.69) is 22.4 Å². The number of benzene rings is 1. The summed E-state index contributed by atoms with van der Waals surface area (Å²) in [4.78, 5) is 24.1. The molecule has 2 aromatic heterocycles. The van der Waals surface area contributed by atoms with Crippen molar-refractivity contribution in [2.75, 3.05) is 17.7 Å². The van der Waals surface area contributed by atoms with Crippen LogP contribution < -0.4 is 5.32 Å². The Kier molecular flexibility index (Phi) is 7.29. The second-order valence-corrected chi connectivity index (χ2v) is 7.43. The third kappa shape index (κ3) is 5.10. The van der Waals surface area contributed by atoms with Crippen molar-refractivity contribution in [3.05, 3.63) is 47.9 Å². The minimum absolute atomic E-state index is 0.170. The van der Waals surface area contributed by atoms with Gasteiger partial charge in [0.1, 0.15) is 5.76 Å². The smallest absolute Gasteiger partial charge is 0.338 e. The highest BCUT2D eigenvalue weighted by Gasteiger charge is 2.18. The van der Waals surface area contributed by atoms with Gasteiger partial charge in [-0.1, -0.05) is 18.7 Å². The highest BCUT2D eigenvalue weighted by molar-refractivity contribution is 7.99. The van der Waals surface area contributed by atoms with Gasteiger partial charge in [-0.3, -0.25) is 4.79 Å². The summed E-state index contributed by atoms with van der Waals surface area (Å²) in [6, 6.07) is 8.46. The fourth-order valence-corrected chi connectivity index (χ4v) is 3.63. The summed E-state index contributed by atoms with van der Waals surface area (Å²) < 4.78 is 12.3. The van der Waals surface area contributed by atoms with Crippen LogP contribution in [0.5, 0.6) is 0 Å². The van der Waals surface area contributed by atoms with Crippen LogP contribution in [-0.4, -0.2) is 39.0 Å². The third-order valence-corrected chi connectivity index (χ3v) is 5.24. The monoisotopic (exact) mass is 428 g/mol. The summed E-state index contributed by atoms with van der Waals surface area (Å²) in [5, 5.41) is 12.1. The molecule has 0 unspecified atom stereocenters. The lowest BCUT2D eigenvalue weighted by Gasteiger charge is -2.09. The van der Waals surface area contributed by atoms with Crippen LogP contribution in [0.3, 0.4) is 0 Å². The Morgan fingerprint density at radius 1 is 1.17 bits per heavy atom. The summed E-state index contributed by atoms with van der Waals surface area (Å²) in [6.07, 6.45) is 2.54. The number of rotatable bonds is 9. The van der Waals surface area contributed by atoms with Crippen molar-refractivity contribution in [3.8, 4) is 11.4 Å². The number of hydrogen-bond donors (Lipinski definition) is 1. The number of nitrogens with zero attached hydrogens (tertiary/aromatic N) is 3. The number of aryl methyl sites for hydroxylation is 1. The first-order valence-electron chi connectivity index (χ1n) is 9.71. The zero-order chi connectivity index (χ0) is 21.5. The lowest BCUT2D eigenvalue weighted by atomic mass is 10.2. The Morgan fingerprint density at radius 2 is 1.93 bits per heavy atom. The molecular formula is C21H24N4O4S. The maximum Gasteiger partial charge on any atom is 0.338 e. The van der Waals surface area contributed by atoms with Crippen LogP contribution in [0.15, 0.2) is 46.2 Å². The van der Waals surface area contributed by atoms with Crippen molar-refractivity contribution < 1.29 is 18.7 Å². The standard InChI is InChI=1S/C21H24N4O4S/c1-4-11-25-19(17-10-12-29-14(17)3)23-24-21(25)30-13-18(26)22-16-8-6-15(7-9-16)20(27)28-5-2/h6-10,12H,4-5,11,13H2,1-3H3,(H,22,26). The molecule has 9 heteroatoms. The van der Waals surface area contributed by atoms with Crippen molar-refractivity contribution >= 4 is 29.3 Å². The summed E-state index contributed by atoms with van der Waals surface area (Å²) in [5.41, 5.74) is 1.95. The zero-order valence-corrected chi connectivity index (χ0v) is 18.0. The van der Waals surface area contributed by atoms with E-state index in [1.165, 1.54) is 11.8 Å². The average molecular weight is 429 g/mol. The summed E-state index contributed by atoms with van der Waals surface area (Å²) >= 11 is 1.33. The molecule has 0 aliphatic rings. The second-order valence-electron chi connectivity index (χ2n) is 6.48. The van der Waals surface area contributed by atoms with Crippen LogP contribution in [0, 0.1) is 6.92 Å². The number of esters is 1. The van der Waals surface area contributed by atoms with Gasteiger partial charge in [0.25, 0.3) is 0 Å². The molecule has 1 aromatic carbocycles. The maximum atomic E-state index is 12.4. The van der Waals surface area contributed by atoms with Gasteiger partial charge in [-0.05, 0) is 50.6 Å². The van der Waals surface area contributed by atoms with Gasteiger partial charge in [-0.25, -0.2) is 4.79 Å². The maximum absolute atomic E-state index is 12.4. The number of hydrogen-bond acceptors (Lipinski definition) is 7. The van der Waals surface area contributed by atoms with Crippen LogP contribution in [0.2, 0.25) is 0 Å². The van der Waals surface area contributed by atoms with Gasteiger partial charge in [0.15, 0.2) is 11.0 Å². The van der Waals surface area contributed by atoms with E-state index in [-0.39, 0.29) is 17.6 Å². The van der Waals surface area contributed by atoms with Crippen molar-refractivity contribution in [2.24, 2.45) is 0 Å². The first-order valence-corrected chi connectivity index (χ1v) is 10.7. The minimum Gasteiger partial charge on any atom is -0.469 e. The van der Waals surface area contributed by atoms with E-state index < -0.39 is 0 Å². The third-order valence-electron chi connectivity index (χ3n) is 4.28.